The van der Waals surface area contributed by atoms with Gasteiger partial charge in [-0.25, -0.2) is 0 Å². The molecule has 122 valence electrons. The molecule has 1 aromatic rings. The molecule has 1 heterocycles. The Morgan fingerprint density at radius 3 is 2.70 bits per heavy atom. The Kier molecular flexibility index (Phi) is 5.68. The highest BCUT2D eigenvalue weighted by Crippen LogP contribution is 2.13. The summed E-state index contributed by atoms with van der Waals surface area (Å²) in [5.41, 5.74) is 0.903. The fourth-order valence-electron chi connectivity index (χ4n) is 2.49. The lowest BCUT2D eigenvalue weighted by Gasteiger charge is -2.36. The minimum absolute atomic E-state index is 0.0189. The lowest BCUT2D eigenvalue weighted by molar-refractivity contribution is -0.138. The van der Waals surface area contributed by atoms with E-state index < -0.39 is 12.1 Å². The molecule has 1 aliphatic heterocycles. The molecule has 0 spiro atoms. The SMILES string of the molecule is COCC(=O)N1CC[C@@H](NC(=O)c2ccc(C#N)cc2)[C@H](O)C1. The van der Waals surface area contributed by atoms with Gasteiger partial charge in [0.2, 0.25) is 5.91 Å². The summed E-state index contributed by atoms with van der Waals surface area (Å²) >= 11 is 0. The Morgan fingerprint density at radius 1 is 1.43 bits per heavy atom. The molecular weight excluding hydrogens is 298 g/mol. The van der Waals surface area contributed by atoms with Gasteiger partial charge >= 0.3 is 0 Å². The third-order valence-electron chi connectivity index (χ3n) is 3.80. The number of aliphatic hydroxyl groups is 1. The molecule has 1 saturated heterocycles. The van der Waals surface area contributed by atoms with E-state index in [9.17, 15) is 14.7 Å². The van der Waals surface area contributed by atoms with Crippen molar-refractivity contribution in [3.05, 3.63) is 35.4 Å². The Bertz CT molecular complexity index is 609. The van der Waals surface area contributed by atoms with E-state index in [1.165, 1.54) is 12.0 Å². The molecule has 7 heteroatoms. The van der Waals surface area contributed by atoms with E-state index >= 15 is 0 Å². The van der Waals surface area contributed by atoms with Crippen molar-refractivity contribution in [3.8, 4) is 6.07 Å². The van der Waals surface area contributed by atoms with Crippen LogP contribution in [-0.4, -0.2) is 60.8 Å². The predicted molar refractivity (Wildman–Crippen MR) is 81.5 cm³/mol. The van der Waals surface area contributed by atoms with Crippen LogP contribution in [-0.2, 0) is 9.53 Å². The van der Waals surface area contributed by atoms with Gasteiger partial charge in [0.25, 0.3) is 5.91 Å². The number of ether oxygens (including phenoxy) is 1. The quantitative estimate of drug-likeness (QED) is 0.807. The zero-order chi connectivity index (χ0) is 16.8. The van der Waals surface area contributed by atoms with E-state index in [4.69, 9.17) is 10.00 Å². The predicted octanol–water partition coefficient (Wildman–Crippen LogP) is -0.104. The zero-order valence-electron chi connectivity index (χ0n) is 12.9. The smallest absolute Gasteiger partial charge is 0.251 e. The maximum atomic E-state index is 12.2. The zero-order valence-corrected chi connectivity index (χ0v) is 12.9. The van der Waals surface area contributed by atoms with E-state index in [0.29, 0.717) is 24.1 Å². The number of hydrogen-bond acceptors (Lipinski definition) is 5. The van der Waals surface area contributed by atoms with Gasteiger partial charge in [-0.2, -0.15) is 5.26 Å². The van der Waals surface area contributed by atoms with E-state index in [2.05, 4.69) is 5.32 Å². The number of carbonyl (C=O) groups excluding carboxylic acids is 2. The van der Waals surface area contributed by atoms with Gasteiger partial charge in [-0.1, -0.05) is 0 Å². The molecule has 0 aliphatic carbocycles. The molecule has 2 rings (SSSR count). The van der Waals surface area contributed by atoms with E-state index in [0.717, 1.165) is 0 Å². The van der Waals surface area contributed by atoms with E-state index in [1.54, 1.807) is 24.3 Å². The molecule has 0 bridgehead atoms. The number of likely N-dealkylation sites (tertiary alicyclic amines) is 1. The summed E-state index contributed by atoms with van der Waals surface area (Å²) in [5.74, 6) is -0.487. The number of nitrogens with zero attached hydrogens (tertiary/aromatic N) is 2. The van der Waals surface area contributed by atoms with Crippen LogP contribution >= 0.6 is 0 Å². The summed E-state index contributed by atoms with van der Waals surface area (Å²) in [5, 5.41) is 21.7. The Morgan fingerprint density at radius 2 is 2.13 bits per heavy atom. The molecule has 0 unspecified atom stereocenters. The number of carbonyl (C=O) groups is 2. The molecule has 1 aliphatic rings. The summed E-state index contributed by atoms with van der Waals surface area (Å²) < 4.78 is 4.79. The van der Waals surface area contributed by atoms with Crippen molar-refractivity contribution in [2.75, 3.05) is 26.8 Å². The average molecular weight is 317 g/mol. The van der Waals surface area contributed by atoms with Crippen molar-refractivity contribution in [1.82, 2.24) is 10.2 Å². The van der Waals surface area contributed by atoms with Gasteiger partial charge in [-0.05, 0) is 30.7 Å². The van der Waals surface area contributed by atoms with Crippen molar-refractivity contribution >= 4 is 11.8 Å². The number of piperidine rings is 1. The Labute approximate surface area is 134 Å². The number of nitriles is 1. The molecule has 2 N–H and O–H groups in total. The normalized spacial score (nSPS) is 20.7. The van der Waals surface area contributed by atoms with Crippen molar-refractivity contribution < 1.29 is 19.4 Å². The largest absolute Gasteiger partial charge is 0.389 e. The number of β-amino-alcohol motifs (C(OH)–C–C–N with tert-alkyl or cyclic N) is 1. The first-order valence-corrected chi connectivity index (χ1v) is 7.31. The first kappa shape index (κ1) is 16.9. The van der Waals surface area contributed by atoms with Crippen LogP contribution in [0.4, 0.5) is 0 Å². The van der Waals surface area contributed by atoms with Gasteiger partial charge in [0.15, 0.2) is 0 Å². The summed E-state index contributed by atoms with van der Waals surface area (Å²) in [7, 11) is 1.44. The third kappa shape index (κ3) is 4.28. The molecule has 7 nitrogen and oxygen atoms in total. The van der Waals surface area contributed by atoms with Crippen LogP contribution < -0.4 is 5.32 Å². The average Bonchev–Trinajstić information content (AvgIpc) is 2.56. The van der Waals surface area contributed by atoms with Gasteiger partial charge in [0.1, 0.15) is 6.61 Å². The molecule has 2 amide bonds. The fraction of sp³-hybridized carbons (Fsp3) is 0.438. The van der Waals surface area contributed by atoms with E-state index in [1.807, 2.05) is 6.07 Å². The lowest BCUT2D eigenvalue weighted by Crippen LogP contribution is -2.55. The van der Waals surface area contributed by atoms with Gasteiger partial charge in [0.05, 0.1) is 23.8 Å². The van der Waals surface area contributed by atoms with Crippen molar-refractivity contribution in [1.29, 1.82) is 5.26 Å². The van der Waals surface area contributed by atoms with Crippen LogP contribution in [0, 0.1) is 11.3 Å². The molecular formula is C16H19N3O4. The molecule has 23 heavy (non-hydrogen) atoms. The fourth-order valence-corrected chi connectivity index (χ4v) is 2.49. The van der Waals surface area contributed by atoms with Crippen LogP contribution in [0.15, 0.2) is 24.3 Å². The summed E-state index contributed by atoms with van der Waals surface area (Å²) in [6.45, 7) is 0.604. The number of methoxy groups -OCH3 is 1. The molecule has 1 aromatic carbocycles. The summed E-state index contributed by atoms with van der Waals surface area (Å²) in [6, 6.07) is 7.84. The van der Waals surface area contributed by atoms with Crippen LogP contribution in [0.25, 0.3) is 0 Å². The van der Waals surface area contributed by atoms with Crippen molar-refractivity contribution in [2.45, 2.75) is 18.6 Å². The van der Waals surface area contributed by atoms with E-state index in [-0.39, 0.29) is 25.0 Å². The summed E-state index contributed by atoms with van der Waals surface area (Å²) in [4.78, 5) is 25.4. The first-order valence-electron chi connectivity index (χ1n) is 7.31. The van der Waals surface area contributed by atoms with Crippen LogP contribution in [0.2, 0.25) is 0 Å². The van der Waals surface area contributed by atoms with Gasteiger partial charge in [0, 0.05) is 25.8 Å². The highest BCUT2D eigenvalue weighted by molar-refractivity contribution is 5.94. The Hall–Kier alpha value is -2.43. The van der Waals surface area contributed by atoms with Crippen molar-refractivity contribution in [2.24, 2.45) is 0 Å². The maximum Gasteiger partial charge on any atom is 0.251 e. The highest BCUT2D eigenvalue weighted by Gasteiger charge is 2.31. The molecule has 0 radical (unpaired) electrons. The van der Waals surface area contributed by atoms with Crippen LogP contribution in [0.3, 0.4) is 0 Å². The standard InChI is InChI=1S/C16H19N3O4/c1-23-10-15(21)19-7-6-13(14(20)9-19)18-16(22)12-4-2-11(8-17)3-5-12/h2-5,13-14,20H,6-7,9-10H2,1H3,(H,18,22)/t13-,14-/m1/s1. The maximum absolute atomic E-state index is 12.2. The van der Waals surface area contributed by atoms with Gasteiger partial charge in [-0.15, -0.1) is 0 Å². The number of benzene rings is 1. The number of nitrogens with one attached hydrogen (secondary N) is 1. The second-order valence-corrected chi connectivity index (χ2v) is 5.40. The molecule has 0 saturated carbocycles. The minimum atomic E-state index is -0.827. The molecule has 0 aromatic heterocycles. The number of amides is 2. The first-order chi connectivity index (χ1) is 11.0. The second kappa shape index (κ2) is 7.72. The number of rotatable bonds is 4. The monoisotopic (exact) mass is 317 g/mol. The topological polar surface area (TPSA) is 103 Å². The summed E-state index contributed by atoms with van der Waals surface area (Å²) in [6.07, 6.45) is -0.356. The van der Waals surface area contributed by atoms with Crippen molar-refractivity contribution in [3.63, 3.8) is 0 Å². The highest BCUT2D eigenvalue weighted by atomic mass is 16.5. The Balaban J connectivity index is 1.92. The minimum Gasteiger partial charge on any atom is -0.389 e. The lowest BCUT2D eigenvalue weighted by atomic mass is 10.0. The number of hydrogen-bond donors (Lipinski definition) is 2. The second-order valence-electron chi connectivity index (χ2n) is 5.40. The van der Waals surface area contributed by atoms with Crippen LogP contribution in [0.5, 0.6) is 0 Å². The van der Waals surface area contributed by atoms with Crippen LogP contribution in [0.1, 0.15) is 22.3 Å². The molecule has 2 atom stereocenters. The third-order valence-corrected chi connectivity index (χ3v) is 3.80. The number of aliphatic hydroxyl groups excluding tert-OH is 1. The molecule has 1 fully saturated rings. The van der Waals surface area contributed by atoms with Gasteiger partial charge < -0.3 is 20.1 Å². The van der Waals surface area contributed by atoms with Gasteiger partial charge in [-0.3, -0.25) is 9.59 Å².